The fraction of sp³-hybridized carbons (Fsp3) is 0.241. The maximum Gasteiger partial charge on any atom is 0.249 e. The molecule has 1 saturated heterocycles. The molecule has 0 amide bonds. The van der Waals surface area contributed by atoms with Crippen LogP contribution in [0.2, 0.25) is 0 Å². The van der Waals surface area contributed by atoms with Crippen LogP contribution in [0.4, 0.5) is 11.4 Å². The number of anilines is 2. The Hall–Kier alpha value is -3.20. The number of hydrogen-bond donors (Lipinski definition) is 2. The van der Waals surface area contributed by atoms with Crippen LogP contribution in [-0.4, -0.2) is 29.7 Å². The van der Waals surface area contributed by atoms with Crippen molar-refractivity contribution in [2.24, 2.45) is 0 Å². The van der Waals surface area contributed by atoms with Crippen molar-refractivity contribution < 1.29 is 4.74 Å². The summed E-state index contributed by atoms with van der Waals surface area (Å²) in [4.78, 5) is 26.4. The number of hydrogen-bond acceptors (Lipinski definition) is 7. The molecular formula is C29H28N4O2S2. The molecule has 37 heavy (non-hydrogen) atoms. The molecule has 2 aliphatic rings. The molecule has 0 spiro atoms. The van der Waals surface area contributed by atoms with Crippen LogP contribution in [0.5, 0.6) is 0 Å². The molecule has 4 heterocycles. The Morgan fingerprint density at radius 3 is 2.81 bits per heavy atom. The number of H-pyrrole nitrogens is 1. The summed E-state index contributed by atoms with van der Waals surface area (Å²) in [5, 5.41) is 3.61. The van der Waals surface area contributed by atoms with Gasteiger partial charge in [0.05, 0.1) is 18.3 Å². The Morgan fingerprint density at radius 2 is 1.95 bits per heavy atom. The van der Waals surface area contributed by atoms with Crippen LogP contribution in [0.25, 0.3) is 0 Å². The fourth-order valence-electron chi connectivity index (χ4n) is 4.80. The SMILES string of the molecule is Cc1cccc(C(C)Nc2ccc3c(c2)Sc2cccc(C4CN(c5cc[nH]c(=O)c5)CCO4)c2S3)n1. The average molecular weight is 529 g/mol. The van der Waals surface area contributed by atoms with Gasteiger partial charge in [-0.15, -0.1) is 0 Å². The lowest BCUT2D eigenvalue weighted by Gasteiger charge is -2.36. The van der Waals surface area contributed by atoms with Gasteiger partial charge >= 0.3 is 0 Å². The maximum atomic E-state index is 11.8. The molecule has 0 bridgehead atoms. The highest BCUT2D eigenvalue weighted by Crippen LogP contribution is 2.52. The second-order valence-electron chi connectivity index (χ2n) is 9.33. The number of aromatic nitrogens is 2. The van der Waals surface area contributed by atoms with Crippen molar-refractivity contribution >= 4 is 34.9 Å². The fourth-order valence-corrected chi connectivity index (χ4v) is 7.25. The van der Waals surface area contributed by atoms with Crippen molar-refractivity contribution in [3.05, 3.63) is 100 Å². The first-order valence-electron chi connectivity index (χ1n) is 12.4. The quantitative estimate of drug-likeness (QED) is 0.272. The lowest BCUT2D eigenvalue weighted by Crippen LogP contribution is -2.39. The van der Waals surface area contributed by atoms with Crippen LogP contribution >= 0.6 is 23.5 Å². The van der Waals surface area contributed by atoms with E-state index in [9.17, 15) is 4.79 Å². The number of nitrogens with zero attached hydrogens (tertiary/aromatic N) is 2. The predicted molar refractivity (Wildman–Crippen MR) is 150 cm³/mol. The zero-order valence-electron chi connectivity index (χ0n) is 20.7. The van der Waals surface area contributed by atoms with Gasteiger partial charge in [0, 0.05) is 62.0 Å². The number of morpholine rings is 1. The van der Waals surface area contributed by atoms with Crippen molar-refractivity contribution in [1.29, 1.82) is 0 Å². The molecule has 4 aromatic rings. The van der Waals surface area contributed by atoms with Gasteiger partial charge in [-0.05, 0) is 61.9 Å². The third-order valence-electron chi connectivity index (χ3n) is 6.66. The van der Waals surface area contributed by atoms with Gasteiger partial charge in [0.25, 0.3) is 0 Å². The molecule has 6 rings (SSSR count). The van der Waals surface area contributed by atoms with Crippen LogP contribution in [-0.2, 0) is 4.74 Å². The largest absolute Gasteiger partial charge is 0.377 e. The van der Waals surface area contributed by atoms with Gasteiger partial charge in [0.15, 0.2) is 0 Å². The first-order chi connectivity index (χ1) is 18.0. The molecule has 2 unspecified atom stereocenters. The van der Waals surface area contributed by atoms with E-state index in [4.69, 9.17) is 4.74 Å². The predicted octanol–water partition coefficient (Wildman–Crippen LogP) is 6.45. The normalized spacial score (nSPS) is 17.6. The first kappa shape index (κ1) is 24.2. The molecule has 2 aromatic heterocycles. The smallest absolute Gasteiger partial charge is 0.249 e. The zero-order valence-corrected chi connectivity index (χ0v) is 22.4. The minimum Gasteiger partial charge on any atom is -0.377 e. The molecule has 0 aliphatic carbocycles. The number of benzene rings is 2. The first-order valence-corrected chi connectivity index (χ1v) is 14.0. The van der Waals surface area contributed by atoms with Gasteiger partial charge in [-0.2, -0.15) is 0 Å². The summed E-state index contributed by atoms with van der Waals surface area (Å²) in [6.45, 7) is 6.27. The number of rotatable bonds is 5. The molecule has 0 saturated carbocycles. The van der Waals surface area contributed by atoms with E-state index in [0.29, 0.717) is 13.2 Å². The van der Waals surface area contributed by atoms with Gasteiger partial charge in [-0.25, -0.2) is 0 Å². The zero-order chi connectivity index (χ0) is 25.4. The topological polar surface area (TPSA) is 70.2 Å². The van der Waals surface area contributed by atoms with Crippen molar-refractivity contribution in [2.45, 2.75) is 45.6 Å². The van der Waals surface area contributed by atoms with E-state index in [1.165, 1.54) is 25.1 Å². The summed E-state index contributed by atoms with van der Waals surface area (Å²) in [6.07, 6.45) is 1.65. The van der Waals surface area contributed by atoms with Crippen molar-refractivity contribution in [1.82, 2.24) is 9.97 Å². The molecule has 1 fully saturated rings. The minimum absolute atomic E-state index is 0.0544. The van der Waals surface area contributed by atoms with Crippen molar-refractivity contribution in [3.63, 3.8) is 0 Å². The van der Waals surface area contributed by atoms with E-state index in [1.54, 1.807) is 12.3 Å². The molecule has 8 heteroatoms. The van der Waals surface area contributed by atoms with E-state index in [1.807, 2.05) is 42.6 Å². The summed E-state index contributed by atoms with van der Waals surface area (Å²) in [5.41, 5.74) is 5.21. The van der Waals surface area contributed by atoms with Gasteiger partial charge in [0.2, 0.25) is 5.56 Å². The minimum atomic E-state index is -0.0837. The highest BCUT2D eigenvalue weighted by molar-refractivity contribution is 8.05. The Bertz CT molecular complexity index is 1510. The molecule has 2 aromatic carbocycles. The second kappa shape index (κ2) is 10.3. The van der Waals surface area contributed by atoms with Crippen LogP contribution in [0.15, 0.2) is 97.3 Å². The molecule has 0 radical (unpaired) electrons. The van der Waals surface area contributed by atoms with Gasteiger partial charge in [0.1, 0.15) is 6.10 Å². The van der Waals surface area contributed by atoms with Gasteiger partial charge in [-0.3, -0.25) is 9.78 Å². The molecule has 2 N–H and O–H groups in total. The number of ether oxygens (including phenoxy) is 1. The highest BCUT2D eigenvalue weighted by Gasteiger charge is 2.28. The summed E-state index contributed by atoms with van der Waals surface area (Å²) in [7, 11) is 0. The van der Waals surface area contributed by atoms with Crippen LogP contribution in [0.3, 0.4) is 0 Å². The third-order valence-corrected chi connectivity index (χ3v) is 9.27. The molecule has 188 valence electrons. The van der Waals surface area contributed by atoms with E-state index in [2.05, 4.69) is 75.6 Å². The monoisotopic (exact) mass is 528 g/mol. The second-order valence-corrected chi connectivity index (χ2v) is 11.5. The number of fused-ring (bicyclic) bond motifs is 2. The maximum absolute atomic E-state index is 11.8. The van der Waals surface area contributed by atoms with E-state index >= 15 is 0 Å². The van der Waals surface area contributed by atoms with Crippen LogP contribution in [0, 0.1) is 6.92 Å². The third kappa shape index (κ3) is 5.14. The number of aryl methyl sites for hydroxylation is 1. The Balaban J connectivity index is 1.22. The molecular weight excluding hydrogens is 500 g/mol. The van der Waals surface area contributed by atoms with Crippen molar-refractivity contribution in [2.75, 3.05) is 29.9 Å². The lowest BCUT2D eigenvalue weighted by atomic mass is 10.1. The molecule has 2 aliphatic heterocycles. The number of aromatic amines is 1. The van der Waals surface area contributed by atoms with E-state index in [-0.39, 0.29) is 17.7 Å². The van der Waals surface area contributed by atoms with Gasteiger partial charge in [-0.1, -0.05) is 41.7 Å². The summed E-state index contributed by atoms with van der Waals surface area (Å²) >= 11 is 3.62. The Labute approximate surface area is 224 Å². The Kier molecular flexibility index (Phi) is 6.71. The van der Waals surface area contributed by atoms with E-state index in [0.717, 1.165) is 29.3 Å². The van der Waals surface area contributed by atoms with E-state index < -0.39 is 0 Å². The van der Waals surface area contributed by atoms with Crippen molar-refractivity contribution in [3.8, 4) is 0 Å². The van der Waals surface area contributed by atoms with Crippen LogP contribution in [0.1, 0.15) is 36.0 Å². The highest BCUT2D eigenvalue weighted by atomic mass is 32.2. The molecule has 6 nitrogen and oxygen atoms in total. The summed E-state index contributed by atoms with van der Waals surface area (Å²) < 4.78 is 6.25. The van der Waals surface area contributed by atoms with Gasteiger partial charge < -0.3 is 19.9 Å². The van der Waals surface area contributed by atoms with Crippen LogP contribution < -0.4 is 15.8 Å². The lowest BCUT2D eigenvalue weighted by molar-refractivity contribution is 0.0379. The number of pyridine rings is 2. The average Bonchev–Trinajstić information content (AvgIpc) is 2.91. The standard InChI is InChI=1S/C29H28N4O2S2/c1-18-5-3-7-23(31-18)19(2)32-20-9-10-25-27(15-20)36-26-8-4-6-22(29(26)37-25)24-17-33(13-14-35-24)21-11-12-30-28(34)16-21/h3-12,15-16,19,24,32H,13-14,17H2,1-2H3,(H,30,34). The summed E-state index contributed by atoms with van der Waals surface area (Å²) in [5.74, 6) is 0. The number of nitrogens with one attached hydrogen (secondary N) is 2. The molecule has 2 atom stereocenters. The Morgan fingerprint density at radius 1 is 1.05 bits per heavy atom. The summed E-state index contributed by atoms with van der Waals surface area (Å²) in [6, 6.07) is 22.9.